The molecule has 1 fully saturated rings. The minimum atomic E-state index is 0.432. The molecule has 1 aliphatic rings. The smallest absolute Gasteiger partial charge is 0.180 e. The summed E-state index contributed by atoms with van der Waals surface area (Å²) in [7, 11) is 0. The fraction of sp³-hybridized carbons (Fsp3) is 0.300. The highest BCUT2D eigenvalue weighted by atomic mass is 16.1. The van der Waals surface area contributed by atoms with Crippen molar-refractivity contribution >= 4 is 17.8 Å². The molecule has 0 atom stereocenters. The number of imidazole rings is 1. The third-order valence-corrected chi connectivity index (χ3v) is 2.43. The number of hydrogen-bond donors (Lipinski definition) is 1. The molecule has 2 heterocycles. The molecule has 0 aliphatic heterocycles. The quantitative estimate of drug-likeness (QED) is 0.757. The molecule has 2 aromatic heterocycles. The van der Waals surface area contributed by atoms with Gasteiger partial charge in [-0.15, -0.1) is 0 Å². The Morgan fingerprint density at radius 3 is 3.13 bits per heavy atom. The van der Waals surface area contributed by atoms with Crippen LogP contribution in [-0.4, -0.2) is 26.7 Å². The fourth-order valence-corrected chi connectivity index (χ4v) is 1.52. The van der Waals surface area contributed by atoms with Crippen LogP contribution in [0.5, 0.6) is 0 Å². The average Bonchev–Trinajstić information content (AvgIpc) is 2.96. The van der Waals surface area contributed by atoms with Gasteiger partial charge in [-0.05, 0) is 12.8 Å². The summed E-state index contributed by atoms with van der Waals surface area (Å²) in [5.41, 5.74) is 1.15. The van der Waals surface area contributed by atoms with Gasteiger partial charge in [0.1, 0.15) is 5.69 Å². The van der Waals surface area contributed by atoms with Crippen LogP contribution in [0.1, 0.15) is 23.3 Å². The molecule has 5 heteroatoms. The lowest BCUT2D eigenvalue weighted by Gasteiger charge is -2.03. The van der Waals surface area contributed by atoms with Crippen molar-refractivity contribution in [3.63, 3.8) is 0 Å². The first-order chi connectivity index (χ1) is 7.36. The van der Waals surface area contributed by atoms with Gasteiger partial charge in [-0.25, -0.2) is 9.97 Å². The molecule has 1 aliphatic carbocycles. The highest BCUT2D eigenvalue weighted by Gasteiger charge is 2.22. The van der Waals surface area contributed by atoms with Crippen LogP contribution in [0.4, 0.5) is 5.82 Å². The van der Waals surface area contributed by atoms with E-state index in [-0.39, 0.29) is 0 Å². The molecule has 0 unspecified atom stereocenters. The number of hydrogen-bond acceptors (Lipinski definition) is 4. The van der Waals surface area contributed by atoms with Gasteiger partial charge in [-0.3, -0.25) is 4.79 Å². The number of carbonyl (C=O) groups excluding carboxylic acids is 1. The summed E-state index contributed by atoms with van der Waals surface area (Å²) in [4.78, 5) is 19.0. The van der Waals surface area contributed by atoms with E-state index in [9.17, 15) is 4.79 Å². The lowest BCUT2D eigenvalue weighted by molar-refractivity contribution is 0.111. The molecule has 3 rings (SSSR count). The minimum Gasteiger partial charge on any atom is -0.364 e. The highest BCUT2D eigenvalue weighted by Crippen LogP contribution is 2.25. The van der Waals surface area contributed by atoms with Gasteiger partial charge >= 0.3 is 0 Å². The molecule has 0 amide bonds. The van der Waals surface area contributed by atoms with Crippen molar-refractivity contribution in [1.29, 1.82) is 0 Å². The molecule has 5 nitrogen and oxygen atoms in total. The zero-order chi connectivity index (χ0) is 10.3. The van der Waals surface area contributed by atoms with Gasteiger partial charge in [0, 0.05) is 24.6 Å². The number of anilines is 1. The summed E-state index contributed by atoms with van der Waals surface area (Å²) in [6.07, 6.45) is 8.30. The minimum absolute atomic E-state index is 0.432. The Hall–Kier alpha value is -1.91. The summed E-state index contributed by atoms with van der Waals surface area (Å²) in [5.74, 6) is 0.758. The maximum Gasteiger partial charge on any atom is 0.180 e. The lowest BCUT2D eigenvalue weighted by atomic mass is 10.5. The number of fused-ring (bicyclic) bond motifs is 1. The summed E-state index contributed by atoms with van der Waals surface area (Å²) in [5, 5.41) is 3.29. The van der Waals surface area contributed by atoms with Crippen LogP contribution < -0.4 is 5.32 Å². The molecule has 76 valence electrons. The second-order valence-electron chi connectivity index (χ2n) is 3.71. The number of aromatic nitrogens is 3. The van der Waals surface area contributed by atoms with E-state index in [1.807, 2.05) is 0 Å². The Kier molecular flexibility index (Phi) is 1.71. The van der Waals surface area contributed by atoms with Gasteiger partial charge in [0.25, 0.3) is 0 Å². The van der Waals surface area contributed by atoms with Crippen molar-refractivity contribution < 1.29 is 4.79 Å². The first-order valence-electron chi connectivity index (χ1n) is 4.92. The number of nitrogens with zero attached hydrogens (tertiary/aromatic N) is 3. The molecule has 0 aromatic carbocycles. The normalized spacial score (nSPS) is 15.5. The number of rotatable bonds is 3. The maximum absolute atomic E-state index is 10.6. The molecule has 0 spiro atoms. The predicted octanol–water partition coefficient (Wildman–Crippen LogP) is 1.12. The van der Waals surface area contributed by atoms with Crippen LogP contribution in [0.2, 0.25) is 0 Å². The maximum atomic E-state index is 10.6. The fourth-order valence-electron chi connectivity index (χ4n) is 1.52. The Morgan fingerprint density at radius 2 is 2.40 bits per heavy atom. The van der Waals surface area contributed by atoms with Crippen molar-refractivity contribution in [2.45, 2.75) is 18.9 Å². The largest absolute Gasteiger partial charge is 0.364 e. The van der Waals surface area contributed by atoms with E-state index in [1.165, 1.54) is 12.8 Å². The van der Waals surface area contributed by atoms with Crippen molar-refractivity contribution in [2.75, 3.05) is 5.32 Å². The molecule has 1 saturated carbocycles. The highest BCUT2D eigenvalue weighted by molar-refractivity contribution is 5.75. The topological polar surface area (TPSA) is 59.3 Å². The molecular weight excluding hydrogens is 192 g/mol. The van der Waals surface area contributed by atoms with Gasteiger partial charge in [-0.2, -0.15) is 0 Å². The van der Waals surface area contributed by atoms with Gasteiger partial charge in [0.2, 0.25) is 0 Å². The summed E-state index contributed by atoms with van der Waals surface area (Å²) in [6, 6.07) is 0.528. The second-order valence-corrected chi connectivity index (χ2v) is 3.71. The van der Waals surface area contributed by atoms with E-state index in [4.69, 9.17) is 0 Å². The Bertz CT molecular complexity index is 515. The number of carbonyl (C=O) groups is 1. The third kappa shape index (κ3) is 1.45. The summed E-state index contributed by atoms with van der Waals surface area (Å²) >= 11 is 0. The molecule has 0 radical (unpaired) electrons. The van der Waals surface area contributed by atoms with Crippen molar-refractivity contribution in [3.8, 4) is 0 Å². The first kappa shape index (κ1) is 8.40. The van der Waals surface area contributed by atoms with E-state index < -0.39 is 0 Å². The van der Waals surface area contributed by atoms with Crippen LogP contribution in [0.15, 0.2) is 18.6 Å². The Morgan fingerprint density at radius 1 is 1.53 bits per heavy atom. The van der Waals surface area contributed by atoms with E-state index in [0.717, 1.165) is 12.1 Å². The zero-order valence-corrected chi connectivity index (χ0v) is 8.05. The Balaban J connectivity index is 2.10. The SMILES string of the molecule is O=Cc1cn2ccnc(NC3CC3)c2n1. The van der Waals surface area contributed by atoms with Crippen LogP contribution in [0.25, 0.3) is 5.65 Å². The number of aldehydes is 1. The molecule has 15 heavy (non-hydrogen) atoms. The van der Waals surface area contributed by atoms with Gasteiger partial charge in [0.05, 0.1) is 0 Å². The van der Waals surface area contributed by atoms with Crippen molar-refractivity contribution in [1.82, 2.24) is 14.4 Å². The van der Waals surface area contributed by atoms with Crippen LogP contribution in [0.3, 0.4) is 0 Å². The molecule has 0 saturated heterocycles. The third-order valence-electron chi connectivity index (χ3n) is 2.43. The second kappa shape index (κ2) is 3.05. The van der Waals surface area contributed by atoms with Crippen LogP contribution in [-0.2, 0) is 0 Å². The number of nitrogens with one attached hydrogen (secondary N) is 1. The van der Waals surface area contributed by atoms with Crippen molar-refractivity contribution in [3.05, 3.63) is 24.3 Å². The molecular formula is C10H10N4O. The van der Waals surface area contributed by atoms with E-state index in [0.29, 0.717) is 17.4 Å². The summed E-state index contributed by atoms with van der Waals surface area (Å²) < 4.78 is 1.81. The van der Waals surface area contributed by atoms with Gasteiger partial charge in [-0.1, -0.05) is 0 Å². The van der Waals surface area contributed by atoms with Crippen LogP contribution in [0, 0.1) is 0 Å². The van der Waals surface area contributed by atoms with Crippen molar-refractivity contribution in [2.24, 2.45) is 0 Å². The molecule has 0 bridgehead atoms. The average molecular weight is 202 g/mol. The summed E-state index contributed by atoms with van der Waals surface area (Å²) in [6.45, 7) is 0. The molecule has 1 N–H and O–H groups in total. The monoisotopic (exact) mass is 202 g/mol. The van der Waals surface area contributed by atoms with E-state index >= 15 is 0 Å². The standard InChI is InChI=1S/C10H10N4O/c15-6-8-5-14-4-3-11-9(10(14)13-8)12-7-1-2-7/h3-7H,1-2H2,(H,11,12). The zero-order valence-electron chi connectivity index (χ0n) is 8.05. The predicted molar refractivity (Wildman–Crippen MR) is 55.0 cm³/mol. The van der Waals surface area contributed by atoms with Gasteiger partial charge in [0.15, 0.2) is 17.8 Å². The Labute approximate surface area is 86.2 Å². The van der Waals surface area contributed by atoms with Crippen LogP contribution >= 0.6 is 0 Å². The first-order valence-corrected chi connectivity index (χ1v) is 4.92. The van der Waals surface area contributed by atoms with E-state index in [2.05, 4.69) is 15.3 Å². The van der Waals surface area contributed by atoms with E-state index in [1.54, 1.807) is 23.0 Å². The van der Waals surface area contributed by atoms with Gasteiger partial charge < -0.3 is 9.72 Å². The molecule has 2 aromatic rings. The lowest BCUT2D eigenvalue weighted by Crippen LogP contribution is -2.04.